The second kappa shape index (κ2) is 10.7. The molecule has 3 aromatic rings. The fourth-order valence-electron chi connectivity index (χ4n) is 5.42. The van der Waals surface area contributed by atoms with Crippen molar-refractivity contribution in [2.24, 2.45) is 5.41 Å². The molecule has 10 heteroatoms. The summed E-state index contributed by atoms with van der Waals surface area (Å²) in [7, 11) is 0. The Bertz CT molecular complexity index is 1230. The first-order valence-electron chi connectivity index (χ1n) is 12.8. The fraction of sp³-hybridized carbons (Fsp3) is 0.556. The molecule has 3 unspecified atom stereocenters. The number of fused-ring (bicyclic) bond motifs is 1. The number of nitrogens with zero attached hydrogens (tertiary/aromatic N) is 4. The van der Waals surface area contributed by atoms with Gasteiger partial charge in [-0.15, -0.1) is 11.8 Å². The summed E-state index contributed by atoms with van der Waals surface area (Å²) in [6.07, 6.45) is 8.88. The average Bonchev–Trinajstić information content (AvgIpc) is 3.48. The molecule has 0 bridgehead atoms. The normalized spacial score (nSPS) is 25.3. The Morgan fingerprint density at radius 3 is 2.70 bits per heavy atom. The van der Waals surface area contributed by atoms with E-state index in [1.807, 2.05) is 39.4 Å². The van der Waals surface area contributed by atoms with Crippen LogP contribution in [0, 0.1) is 5.41 Å². The summed E-state index contributed by atoms with van der Waals surface area (Å²) in [6, 6.07) is 8.38. The smallest absolute Gasteiger partial charge is 0.214 e. The molecule has 2 saturated heterocycles. The third-order valence-corrected chi connectivity index (χ3v) is 9.13. The van der Waals surface area contributed by atoms with Crippen molar-refractivity contribution < 1.29 is 14.6 Å². The summed E-state index contributed by atoms with van der Waals surface area (Å²) in [6.45, 7) is 10.2. The monoisotopic (exact) mass is 543 g/mol. The van der Waals surface area contributed by atoms with E-state index in [9.17, 15) is 5.11 Å². The Morgan fingerprint density at radius 1 is 1.22 bits per heavy atom. The van der Waals surface area contributed by atoms with Crippen molar-refractivity contribution in [3.8, 4) is 0 Å². The van der Waals surface area contributed by atoms with Gasteiger partial charge in [0.05, 0.1) is 23.2 Å². The number of rotatable bonds is 7. The number of aromatic nitrogens is 3. The molecule has 4 heterocycles. The van der Waals surface area contributed by atoms with Crippen LogP contribution in [0.25, 0.3) is 5.65 Å². The molecule has 0 saturated carbocycles. The summed E-state index contributed by atoms with van der Waals surface area (Å²) in [4.78, 5) is 15.4. The van der Waals surface area contributed by atoms with Crippen LogP contribution in [0.5, 0.6) is 0 Å². The van der Waals surface area contributed by atoms with Crippen molar-refractivity contribution in [2.45, 2.75) is 79.4 Å². The minimum atomic E-state index is -1.06. The number of imidazole rings is 1. The zero-order valence-corrected chi connectivity index (χ0v) is 23.8. The number of aliphatic hydroxyl groups is 1. The minimum Gasteiger partial charge on any atom is -0.378 e. The van der Waals surface area contributed by atoms with Gasteiger partial charge in [0.1, 0.15) is 0 Å². The lowest BCUT2D eigenvalue weighted by Crippen LogP contribution is -2.61. The van der Waals surface area contributed by atoms with Crippen LogP contribution in [0.3, 0.4) is 0 Å². The van der Waals surface area contributed by atoms with Crippen LogP contribution in [0.15, 0.2) is 57.5 Å². The molecule has 8 nitrogen and oxygen atoms in total. The summed E-state index contributed by atoms with van der Waals surface area (Å²) >= 11 is 3.44. The van der Waals surface area contributed by atoms with Crippen LogP contribution in [0.1, 0.15) is 40.5 Å². The molecule has 2 aliphatic heterocycles. The van der Waals surface area contributed by atoms with Gasteiger partial charge < -0.3 is 19.5 Å². The predicted octanol–water partition coefficient (Wildman–Crippen LogP) is 4.66. The number of hydrogen-bond acceptors (Lipinski definition) is 9. The van der Waals surface area contributed by atoms with Crippen LogP contribution in [0.2, 0.25) is 0 Å². The topological polar surface area (TPSA) is 84.2 Å². The van der Waals surface area contributed by atoms with Crippen molar-refractivity contribution in [3.63, 3.8) is 0 Å². The van der Waals surface area contributed by atoms with Gasteiger partial charge in [-0.05, 0) is 58.9 Å². The fourth-order valence-corrected chi connectivity index (χ4v) is 7.17. The van der Waals surface area contributed by atoms with Crippen LogP contribution in [0.4, 0.5) is 5.95 Å². The first kappa shape index (κ1) is 26.8. The van der Waals surface area contributed by atoms with Crippen molar-refractivity contribution >= 4 is 35.1 Å². The van der Waals surface area contributed by atoms with Gasteiger partial charge in [-0.25, -0.2) is 9.97 Å². The van der Waals surface area contributed by atoms with Gasteiger partial charge in [0.2, 0.25) is 12.4 Å². The third-order valence-electron chi connectivity index (χ3n) is 7.13. The highest BCUT2D eigenvalue weighted by Crippen LogP contribution is 2.43. The molecule has 4 atom stereocenters. The minimum absolute atomic E-state index is 0.0218. The zero-order chi connectivity index (χ0) is 26.2. The van der Waals surface area contributed by atoms with Gasteiger partial charge in [-0.3, -0.25) is 9.72 Å². The van der Waals surface area contributed by atoms with Gasteiger partial charge in [0, 0.05) is 52.9 Å². The number of ether oxygens (including phenoxy) is 2. The summed E-state index contributed by atoms with van der Waals surface area (Å²) < 4.78 is 13.9. The van der Waals surface area contributed by atoms with Crippen LogP contribution < -0.4 is 10.2 Å². The molecule has 1 spiro atoms. The molecule has 0 aliphatic carbocycles. The van der Waals surface area contributed by atoms with Gasteiger partial charge in [0.15, 0.2) is 5.65 Å². The number of benzene rings is 1. The maximum atomic E-state index is 10.7. The molecular formula is C27H37N5O3S2. The molecule has 1 aromatic carbocycles. The van der Waals surface area contributed by atoms with Gasteiger partial charge >= 0.3 is 0 Å². The average molecular weight is 544 g/mol. The number of hydrogen-bond donors (Lipinski definition) is 2. The summed E-state index contributed by atoms with van der Waals surface area (Å²) in [5.74, 6) is 0.856. The first-order valence-corrected chi connectivity index (χ1v) is 14.8. The molecule has 5 rings (SSSR count). The summed E-state index contributed by atoms with van der Waals surface area (Å²) in [5, 5.41) is 14.1. The Balaban J connectivity index is 1.41. The third kappa shape index (κ3) is 5.79. The molecule has 0 amide bonds. The maximum absolute atomic E-state index is 10.7. The van der Waals surface area contributed by atoms with Gasteiger partial charge in [0.25, 0.3) is 0 Å². The molecule has 2 N–H and O–H groups in total. The van der Waals surface area contributed by atoms with E-state index in [0.717, 1.165) is 35.9 Å². The Kier molecular flexibility index (Phi) is 7.77. The molecule has 37 heavy (non-hydrogen) atoms. The number of aliphatic hydroxyl groups excluding tert-OH is 1. The van der Waals surface area contributed by atoms with E-state index >= 15 is 0 Å². The van der Waals surface area contributed by atoms with Crippen molar-refractivity contribution in [2.75, 3.05) is 30.9 Å². The SMILES string of the molecule is CSc1ccccc1Sc1cnc(N2CCC3(CO[C@@H](C)C3)C(NC(O)OC(C)(C)C)C2)n2ccnc12. The number of nitrogens with one attached hydrogen (secondary N) is 1. The zero-order valence-electron chi connectivity index (χ0n) is 22.2. The predicted molar refractivity (Wildman–Crippen MR) is 148 cm³/mol. The van der Waals surface area contributed by atoms with E-state index in [1.54, 1.807) is 23.5 Å². The Labute approximate surface area is 227 Å². The lowest BCUT2D eigenvalue weighted by atomic mass is 9.73. The maximum Gasteiger partial charge on any atom is 0.214 e. The highest BCUT2D eigenvalue weighted by atomic mass is 32.2. The second-order valence-corrected chi connectivity index (χ2v) is 12.9. The molecule has 200 valence electrons. The quantitative estimate of drug-likeness (QED) is 0.327. The number of piperidine rings is 1. The first-order chi connectivity index (χ1) is 17.7. The molecule has 2 aromatic heterocycles. The lowest BCUT2D eigenvalue weighted by Gasteiger charge is -2.46. The van der Waals surface area contributed by atoms with E-state index in [-0.39, 0.29) is 17.6 Å². The van der Waals surface area contributed by atoms with E-state index in [4.69, 9.17) is 14.5 Å². The van der Waals surface area contributed by atoms with Crippen molar-refractivity contribution in [1.82, 2.24) is 19.7 Å². The Hall–Kier alpha value is -1.82. The second-order valence-electron chi connectivity index (χ2n) is 11.0. The molecular weight excluding hydrogens is 506 g/mol. The van der Waals surface area contributed by atoms with E-state index in [2.05, 4.69) is 57.0 Å². The van der Waals surface area contributed by atoms with E-state index in [0.29, 0.717) is 13.2 Å². The van der Waals surface area contributed by atoms with Crippen molar-refractivity contribution in [1.29, 1.82) is 0 Å². The highest BCUT2D eigenvalue weighted by Gasteiger charge is 2.49. The van der Waals surface area contributed by atoms with Gasteiger partial charge in [-0.2, -0.15) is 0 Å². The largest absolute Gasteiger partial charge is 0.378 e. The standard InChI is InChI=1S/C27H37N5O3S2/c1-18-14-27(17-34-18)10-12-31(16-22(27)30-25(33)35-26(2,3)4)24-29-15-21(23-28-11-13-32(23)24)37-20-9-7-6-8-19(20)36-5/h6-9,11,13,15,18,22,25,30,33H,10,12,14,16-17H2,1-5H3/t18-,22?,25?,27?/m0/s1. The van der Waals surface area contributed by atoms with Crippen LogP contribution in [-0.2, 0) is 9.47 Å². The Morgan fingerprint density at radius 2 is 2.00 bits per heavy atom. The molecule has 2 aliphatic rings. The summed E-state index contributed by atoms with van der Waals surface area (Å²) in [5.41, 5.74) is 0.383. The molecule has 0 radical (unpaired) electrons. The van der Waals surface area contributed by atoms with Crippen LogP contribution in [-0.4, -0.2) is 69.6 Å². The molecule has 2 fully saturated rings. The van der Waals surface area contributed by atoms with E-state index in [1.165, 1.54) is 9.79 Å². The van der Waals surface area contributed by atoms with Crippen LogP contribution >= 0.6 is 23.5 Å². The number of thioether (sulfide) groups is 1. The van der Waals surface area contributed by atoms with E-state index < -0.39 is 12.0 Å². The van der Waals surface area contributed by atoms with Crippen molar-refractivity contribution in [3.05, 3.63) is 42.9 Å². The highest BCUT2D eigenvalue weighted by molar-refractivity contribution is 8.02. The number of anilines is 1. The van der Waals surface area contributed by atoms with Gasteiger partial charge in [-0.1, -0.05) is 23.9 Å². The lowest BCUT2D eigenvalue weighted by molar-refractivity contribution is -0.190.